The van der Waals surface area contributed by atoms with Crippen LogP contribution in [0.3, 0.4) is 0 Å². The van der Waals surface area contributed by atoms with Gasteiger partial charge >= 0.3 is 0 Å². The van der Waals surface area contributed by atoms with Crippen LogP contribution in [-0.2, 0) is 14.6 Å². The molecule has 3 aromatic rings. The molecule has 0 spiro atoms. The summed E-state index contributed by atoms with van der Waals surface area (Å²) < 4.78 is 32.0. The number of amides is 1. The lowest BCUT2D eigenvalue weighted by atomic mass is 9.90. The van der Waals surface area contributed by atoms with Gasteiger partial charge in [-0.05, 0) is 36.2 Å². The van der Waals surface area contributed by atoms with Crippen LogP contribution in [0.4, 0.5) is 5.69 Å². The molecule has 29 heavy (non-hydrogen) atoms. The quantitative estimate of drug-likeness (QED) is 0.611. The van der Waals surface area contributed by atoms with Crippen LogP contribution in [0.5, 0.6) is 5.75 Å². The van der Waals surface area contributed by atoms with Crippen molar-refractivity contribution >= 4 is 32.8 Å². The molecule has 1 aliphatic heterocycles. The summed E-state index contributed by atoms with van der Waals surface area (Å²) in [5, 5.41) is 4.42. The Morgan fingerprint density at radius 3 is 2.69 bits per heavy atom. The molecule has 1 atom stereocenters. The number of ether oxygens (including phenoxy) is 1. The standard InChI is InChI=1S/C22H21NO4S2/c1-2-11-27-16-8-6-7-15(12-16)18-13-20(24)23-21-19(14-28-22(18)21)29(25,26)17-9-4-3-5-10-17/h3-10,12,14,18H,2,11,13H2,1H3,(H,23,24)/t18-/m1/s1. The van der Waals surface area contributed by atoms with Crippen molar-refractivity contribution in [2.75, 3.05) is 11.9 Å². The minimum Gasteiger partial charge on any atom is -0.494 e. The summed E-state index contributed by atoms with van der Waals surface area (Å²) in [6.45, 7) is 2.67. The number of carbonyl (C=O) groups is 1. The number of sulfone groups is 1. The van der Waals surface area contributed by atoms with Crippen LogP contribution in [0.15, 0.2) is 69.8 Å². The Labute approximate surface area is 174 Å². The molecule has 0 bridgehead atoms. The predicted molar refractivity (Wildman–Crippen MR) is 114 cm³/mol. The van der Waals surface area contributed by atoms with Gasteiger partial charge in [0.25, 0.3) is 0 Å². The topological polar surface area (TPSA) is 72.5 Å². The maximum atomic E-state index is 13.1. The van der Waals surface area contributed by atoms with Crippen molar-refractivity contribution in [2.24, 2.45) is 0 Å². The lowest BCUT2D eigenvalue weighted by Crippen LogP contribution is -2.23. The molecule has 1 N–H and O–H groups in total. The van der Waals surface area contributed by atoms with Crippen LogP contribution in [-0.4, -0.2) is 20.9 Å². The van der Waals surface area contributed by atoms with Crippen molar-refractivity contribution in [2.45, 2.75) is 35.5 Å². The third-order valence-electron chi connectivity index (χ3n) is 4.83. The summed E-state index contributed by atoms with van der Waals surface area (Å²) >= 11 is 1.37. The number of benzene rings is 2. The molecule has 1 aromatic heterocycles. The zero-order chi connectivity index (χ0) is 20.4. The fourth-order valence-electron chi connectivity index (χ4n) is 3.44. The average molecular weight is 428 g/mol. The second kappa shape index (κ2) is 8.00. The summed E-state index contributed by atoms with van der Waals surface area (Å²) in [5.41, 5.74) is 1.35. The summed E-state index contributed by atoms with van der Waals surface area (Å²) in [6.07, 6.45) is 1.18. The van der Waals surface area contributed by atoms with Crippen LogP contribution in [0, 0.1) is 0 Å². The molecule has 0 radical (unpaired) electrons. The van der Waals surface area contributed by atoms with E-state index in [0.717, 1.165) is 22.6 Å². The average Bonchev–Trinajstić information content (AvgIpc) is 3.17. The van der Waals surface area contributed by atoms with Gasteiger partial charge in [0.15, 0.2) is 0 Å². The van der Waals surface area contributed by atoms with Crippen molar-refractivity contribution in [3.05, 3.63) is 70.4 Å². The smallest absolute Gasteiger partial charge is 0.225 e. The van der Waals surface area contributed by atoms with Gasteiger partial charge in [0.1, 0.15) is 10.6 Å². The lowest BCUT2D eigenvalue weighted by Gasteiger charge is -2.24. The number of fused-ring (bicyclic) bond motifs is 1. The summed E-state index contributed by atoms with van der Waals surface area (Å²) in [6, 6.07) is 16.0. The Hall–Kier alpha value is -2.64. The van der Waals surface area contributed by atoms with Gasteiger partial charge in [-0.15, -0.1) is 11.3 Å². The molecule has 4 rings (SSSR count). The van der Waals surface area contributed by atoms with E-state index in [2.05, 4.69) is 5.32 Å². The van der Waals surface area contributed by atoms with Gasteiger partial charge in [0.2, 0.25) is 15.7 Å². The lowest BCUT2D eigenvalue weighted by molar-refractivity contribution is -0.116. The molecule has 0 unspecified atom stereocenters. The fraction of sp³-hybridized carbons (Fsp3) is 0.227. The molecule has 0 fully saturated rings. The molecule has 7 heteroatoms. The summed E-state index contributed by atoms with van der Waals surface area (Å²) in [4.78, 5) is 13.7. The minimum absolute atomic E-state index is 0.153. The first-order valence-electron chi connectivity index (χ1n) is 9.45. The first kappa shape index (κ1) is 19.7. The number of rotatable bonds is 6. The molecule has 5 nitrogen and oxygen atoms in total. The SMILES string of the molecule is CCCOc1cccc([C@H]2CC(=O)Nc3c(S(=O)(=O)c4ccccc4)csc32)c1. The Bertz CT molecular complexity index is 1140. The maximum absolute atomic E-state index is 13.1. The fourth-order valence-corrected chi connectivity index (χ4v) is 6.37. The van der Waals surface area contributed by atoms with Gasteiger partial charge in [0, 0.05) is 22.6 Å². The third kappa shape index (κ3) is 3.80. The molecule has 1 amide bonds. The van der Waals surface area contributed by atoms with E-state index >= 15 is 0 Å². The summed E-state index contributed by atoms with van der Waals surface area (Å²) in [5.74, 6) is 0.365. The van der Waals surface area contributed by atoms with Crippen molar-refractivity contribution in [3.8, 4) is 5.75 Å². The molecule has 0 aliphatic carbocycles. The highest BCUT2D eigenvalue weighted by atomic mass is 32.2. The molecule has 0 saturated carbocycles. The van der Waals surface area contributed by atoms with Crippen molar-refractivity contribution in [1.82, 2.24) is 0 Å². The van der Waals surface area contributed by atoms with Crippen molar-refractivity contribution < 1.29 is 17.9 Å². The molecule has 2 aromatic carbocycles. The van der Waals surface area contributed by atoms with E-state index in [1.807, 2.05) is 31.2 Å². The predicted octanol–water partition coefficient (Wildman–Crippen LogP) is 4.84. The van der Waals surface area contributed by atoms with E-state index in [-0.39, 0.29) is 28.0 Å². The number of hydrogen-bond donors (Lipinski definition) is 1. The van der Waals surface area contributed by atoms with Crippen LogP contribution in [0.1, 0.15) is 36.1 Å². The van der Waals surface area contributed by atoms with E-state index in [1.165, 1.54) is 11.3 Å². The Morgan fingerprint density at radius 2 is 1.93 bits per heavy atom. The van der Waals surface area contributed by atoms with Crippen LogP contribution < -0.4 is 10.1 Å². The normalized spacial score (nSPS) is 16.2. The van der Waals surface area contributed by atoms with Crippen LogP contribution in [0.2, 0.25) is 0 Å². The van der Waals surface area contributed by atoms with Gasteiger partial charge in [0.05, 0.1) is 17.2 Å². The van der Waals surface area contributed by atoms with Crippen LogP contribution >= 0.6 is 11.3 Å². The first-order valence-corrected chi connectivity index (χ1v) is 11.8. The highest BCUT2D eigenvalue weighted by Crippen LogP contribution is 2.46. The number of nitrogens with one attached hydrogen (secondary N) is 1. The Balaban J connectivity index is 1.76. The minimum atomic E-state index is -3.72. The molecule has 2 heterocycles. The van der Waals surface area contributed by atoms with E-state index in [4.69, 9.17) is 4.74 Å². The maximum Gasteiger partial charge on any atom is 0.225 e. The molecular formula is C22H21NO4S2. The van der Waals surface area contributed by atoms with E-state index < -0.39 is 9.84 Å². The molecule has 1 aliphatic rings. The zero-order valence-electron chi connectivity index (χ0n) is 15.9. The Kier molecular flexibility index (Phi) is 5.43. The zero-order valence-corrected chi connectivity index (χ0v) is 17.6. The van der Waals surface area contributed by atoms with Crippen molar-refractivity contribution in [1.29, 1.82) is 0 Å². The number of hydrogen-bond acceptors (Lipinski definition) is 5. The summed E-state index contributed by atoms with van der Waals surface area (Å²) in [7, 11) is -3.72. The number of anilines is 1. The molecule has 0 saturated heterocycles. The van der Waals surface area contributed by atoms with E-state index in [0.29, 0.717) is 12.3 Å². The Morgan fingerprint density at radius 1 is 1.14 bits per heavy atom. The second-order valence-electron chi connectivity index (χ2n) is 6.88. The van der Waals surface area contributed by atoms with Gasteiger partial charge in [-0.2, -0.15) is 0 Å². The largest absolute Gasteiger partial charge is 0.494 e. The first-order chi connectivity index (χ1) is 14.0. The van der Waals surface area contributed by atoms with Gasteiger partial charge in [-0.1, -0.05) is 37.3 Å². The van der Waals surface area contributed by atoms with Gasteiger partial charge in [-0.25, -0.2) is 8.42 Å². The highest BCUT2D eigenvalue weighted by molar-refractivity contribution is 7.91. The number of thiophene rings is 1. The van der Waals surface area contributed by atoms with Crippen molar-refractivity contribution in [3.63, 3.8) is 0 Å². The van der Waals surface area contributed by atoms with Crippen LogP contribution in [0.25, 0.3) is 0 Å². The number of carbonyl (C=O) groups excluding carboxylic acids is 1. The van der Waals surface area contributed by atoms with E-state index in [1.54, 1.807) is 35.7 Å². The second-order valence-corrected chi connectivity index (χ2v) is 9.71. The van der Waals surface area contributed by atoms with E-state index in [9.17, 15) is 13.2 Å². The third-order valence-corrected chi connectivity index (χ3v) is 7.87. The highest BCUT2D eigenvalue weighted by Gasteiger charge is 2.34. The van der Waals surface area contributed by atoms with Gasteiger partial charge in [-0.3, -0.25) is 4.79 Å². The monoisotopic (exact) mass is 427 g/mol. The molecule has 150 valence electrons. The van der Waals surface area contributed by atoms with Gasteiger partial charge < -0.3 is 10.1 Å². The molecular weight excluding hydrogens is 406 g/mol.